The molecule has 0 atom stereocenters. The van der Waals surface area contributed by atoms with E-state index in [9.17, 15) is 0 Å². The Morgan fingerprint density at radius 3 is 2.00 bits per heavy atom. The number of hydrogen-bond donors (Lipinski definition) is 0. The SMILES string of the molecule is Cc1ccc2ncnc(N(Cc3cccc(C)n3)Cc3cccc(C)n3)c2c1. The number of benzene rings is 1. The van der Waals surface area contributed by atoms with Crippen molar-refractivity contribution in [3.8, 4) is 0 Å². The van der Waals surface area contributed by atoms with E-state index in [1.54, 1.807) is 6.33 Å². The van der Waals surface area contributed by atoms with Crippen molar-refractivity contribution in [2.24, 2.45) is 0 Å². The number of pyridine rings is 2. The second kappa shape index (κ2) is 7.72. The Bertz CT molecular complexity index is 1080. The lowest BCUT2D eigenvalue weighted by Crippen LogP contribution is -2.25. The van der Waals surface area contributed by atoms with Gasteiger partial charge < -0.3 is 4.90 Å². The van der Waals surface area contributed by atoms with Gasteiger partial charge in [-0.2, -0.15) is 0 Å². The highest BCUT2D eigenvalue weighted by atomic mass is 15.2. The zero-order valence-electron chi connectivity index (χ0n) is 16.4. The lowest BCUT2D eigenvalue weighted by atomic mass is 10.1. The van der Waals surface area contributed by atoms with E-state index in [-0.39, 0.29) is 0 Å². The number of hydrogen-bond acceptors (Lipinski definition) is 5. The van der Waals surface area contributed by atoms with Crippen LogP contribution in [0.3, 0.4) is 0 Å². The van der Waals surface area contributed by atoms with Gasteiger partial charge >= 0.3 is 0 Å². The maximum absolute atomic E-state index is 4.69. The van der Waals surface area contributed by atoms with Gasteiger partial charge in [0.15, 0.2) is 0 Å². The van der Waals surface area contributed by atoms with E-state index in [4.69, 9.17) is 0 Å². The Labute approximate surface area is 165 Å². The van der Waals surface area contributed by atoms with E-state index in [1.165, 1.54) is 5.56 Å². The molecule has 0 saturated heterocycles. The molecule has 4 aromatic rings. The highest BCUT2D eigenvalue weighted by molar-refractivity contribution is 5.89. The van der Waals surface area contributed by atoms with Gasteiger partial charge in [0, 0.05) is 16.8 Å². The molecule has 5 nitrogen and oxygen atoms in total. The Morgan fingerprint density at radius 2 is 1.39 bits per heavy atom. The monoisotopic (exact) mass is 369 g/mol. The second-order valence-corrected chi connectivity index (χ2v) is 7.11. The highest BCUT2D eigenvalue weighted by Crippen LogP contribution is 2.26. The molecule has 0 N–H and O–H groups in total. The van der Waals surface area contributed by atoms with E-state index in [0.29, 0.717) is 13.1 Å². The summed E-state index contributed by atoms with van der Waals surface area (Å²) in [6, 6.07) is 18.5. The van der Waals surface area contributed by atoms with Gasteiger partial charge in [0.2, 0.25) is 0 Å². The van der Waals surface area contributed by atoms with Crippen LogP contribution in [-0.4, -0.2) is 19.9 Å². The normalized spacial score (nSPS) is 11.0. The molecule has 140 valence electrons. The zero-order chi connectivity index (χ0) is 19.5. The molecule has 0 bridgehead atoms. The maximum atomic E-state index is 4.69. The minimum absolute atomic E-state index is 0.650. The number of aromatic nitrogens is 4. The van der Waals surface area contributed by atoms with Crippen LogP contribution in [-0.2, 0) is 13.1 Å². The summed E-state index contributed by atoms with van der Waals surface area (Å²) in [7, 11) is 0. The van der Waals surface area contributed by atoms with Crippen molar-refractivity contribution in [2.75, 3.05) is 4.90 Å². The van der Waals surface area contributed by atoms with E-state index in [2.05, 4.69) is 56.0 Å². The van der Waals surface area contributed by atoms with Gasteiger partial charge in [-0.3, -0.25) is 9.97 Å². The van der Waals surface area contributed by atoms with Gasteiger partial charge in [0.05, 0.1) is 30.0 Å². The van der Waals surface area contributed by atoms with Gasteiger partial charge in [0.1, 0.15) is 12.1 Å². The molecule has 3 heterocycles. The van der Waals surface area contributed by atoms with Crippen LogP contribution in [0, 0.1) is 20.8 Å². The van der Waals surface area contributed by atoms with E-state index in [0.717, 1.165) is 39.5 Å². The molecule has 0 saturated carbocycles. The van der Waals surface area contributed by atoms with Crippen LogP contribution in [0.25, 0.3) is 10.9 Å². The molecule has 0 unspecified atom stereocenters. The quantitative estimate of drug-likeness (QED) is 0.516. The largest absolute Gasteiger partial charge is 0.344 e. The summed E-state index contributed by atoms with van der Waals surface area (Å²) < 4.78 is 0. The van der Waals surface area contributed by atoms with Crippen molar-refractivity contribution in [3.63, 3.8) is 0 Å². The van der Waals surface area contributed by atoms with Crippen molar-refractivity contribution in [2.45, 2.75) is 33.9 Å². The average Bonchev–Trinajstić information content (AvgIpc) is 2.67. The first-order valence-electron chi connectivity index (χ1n) is 9.40. The van der Waals surface area contributed by atoms with Crippen molar-refractivity contribution in [1.29, 1.82) is 0 Å². The fraction of sp³-hybridized carbons (Fsp3) is 0.217. The van der Waals surface area contributed by atoms with Crippen molar-refractivity contribution >= 4 is 16.7 Å². The van der Waals surface area contributed by atoms with Crippen LogP contribution >= 0.6 is 0 Å². The molecule has 0 spiro atoms. The smallest absolute Gasteiger partial charge is 0.140 e. The number of anilines is 1. The number of aryl methyl sites for hydroxylation is 3. The minimum Gasteiger partial charge on any atom is -0.344 e. The van der Waals surface area contributed by atoms with Gasteiger partial charge in [-0.25, -0.2) is 9.97 Å². The predicted molar refractivity (Wildman–Crippen MR) is 112 cm³/mol. The molecular formula is C23H23N5. The average molecular weight is 369 g/mol. The Morgan fingerprint density at radius 1 is 0.750 bits per heavy atom. The molecule has 0 fully saturated rings. The molecular weight excluding hydrogens is 346 g/mol. The van der Waals surface area contributed by atoms with Crippen molar-refractivity contribution < 1.29 is 0 Å². The molecule has 0 aliphatic rings. The van der Waals surface area contributed by atoms with Gasteiger partial charge in [-0.15, -0.1) is 0 Å². The van der Waals surface area contributed by atoms with Crippen LogP contribution in [0.2, 0.25) is 0 Å². The second-order valence-electron chi connectivity index (χ2n) is 7.11. The fourth-order valence-corrected chi connectivity index (χ4v) is 3.38. The summed E-state index contributed by atoms with van der Waals surface area (Å²) in [6.45, 7) is 7.41. The van der Waals surface area contributed by atoms with Gasteiger partial charge in [0.25, 0.3) is 0 Å². The van der Waals surface area contributed by atoms with Gasteiger partial charge in [-0.05, 0) is 57.2 Å². The first kappa shape index (κ1) is 18.0. The number of nitrogens with zero attached hydrogens (tertiary/aromatic N) is 5. The van der Waals surface area contributed by atoms with E-state index < -0.39 is 0 Å². The number of fused-ring (bicyclic) bond motifs is 1. The number of rotatable bonds is 5. The lowest BCUT2D eigenvalue weighted by molar-refractivity contribution is 0.750. The Balaban J connectivity index is 1.79. The topological polar surface area (TPSA) is 54.8 Å². The summed E-state index contributed by atoms with van der Waals surface area (Å²) in [6.07, 6.45) is 1.63. The molecule has 0 aliphatic heterocycles. The Hall–Kier alpha value is -3.34. The van der Waals surface area contributed by atoms with Crippen LogP contribution < -0.4 is 4.90 Å². The molecule has 0 amide bonds. The summed E-state index contributed by atoms with van der Waals surface area (Å²) in [5.74, 6) is 0.903. The van der Waals surface area contributed by atoms with Crippen LogP contribution in [0.15, 0.2) is 60.9 Å². The van der Waals surface area contributed by atoms with Crippen molar-refractivity contribution in [1.82, 2.24) is 19.9 Å². The van der Waals surface area contributed by atoms with E-state index >= 15 is 0 Å². The predicted octanol–water partition coefficient (Wildman–Crippen LogP) is 4.55. The fourth-order valence-electron chi connectivity index (χ4n) is 3.38. The maximum Gasteiger partial charge on any atom is 0.140 e. The van der Waals surface area contributed by atoms with Gasteiger partial charge in [-0.1, -0.05) is 23.8 Å². The third-order valence-electron chi connectivity index (χ3n) is 4.67. The van der Waals surface area contributed by atoms with Crippen LogP contribution in [0.4, 0.5) is 5.82 Å². The molecule has 0 radical (unpaired) electrons. The summed E-state index contributed by atoms with van der Waals surface area (Å²) >= 11 is 0. The summed E-state index contributed by atoms with van der Waals surface area (Å²) in [5.41, 5.74) is 6.16. The zero-order valence-corrected chi connectivity index (χ0v) is 16.4. The lowest BCUT2D eigenvalue weighted by Gasteiger charge is -2.24. The molecule has 4 rings (SSSR count). The van der Waals surface area contributed by atoms with E-state index in [1.807, 2.05) is 44.2 Å². The third kappa shape index (κ3) is 3.98. The van der Waals surface area contributed by atoms with Crippen LogP contribution in [0.5, 0.6) is 0 Å². The first-order valence-corrected chi connectivity index (χ1v) is 9.40. The summed E-state index contributed by atoms with van der Waals surface area (Å²) in [5, 5.41) is 1.04. The van der Waals surface area contributed by atoms with Crippen molar-refractivity contribution in [3.05, 3.63) is 89.3 Å². The minimum atomic E-state index is 0.650. The molecule has 0 aliphatic carbocycles. The first-order chi connectivity index (χ1) is 13.6. The molecule has 1 aromatic carbocycles. The third-order valence-corrected chi connectivity index (χ3v) is 4.67. The standard InChI is InChI=1S/C23H23N5/c1-16-10-11-22-21(12-16)23(25-15-24-22)28(13-19-8-4-6-17(2)26-19)14-20-9-5-7-18(3)27-20/h4-12,15H,13-14H2,1-3H3. The Kier molecular flexibility index (Phi) is 4.98. The highest BCUT2D eigenvalue weighted by Gasteiger charge is 2.15. The molecule has 5 heteroatoms. The molecule has 3 aromatic heterocycles. The molecule has 28 heavy (non-hydrogen) atoms. The van der Waals surface area contributed by atoms with Crippen LogP contribution in [0.1, 0.15) is 28.3 Å². The summed E-state index contributed by atoms with van der Waals surface area (Å²) in [4.78, 5) is 20.7.